The van der Waals surface area contributed by atoms with Crippen molar-refractivity contribution in [3.8, 4) is 0 Å². The van der Waals surface area contributed by atoms with Gasteiger partial charge in [0, 0.05) is 12.8 Å². The van der Waals surface area contributed by atoms with E-state index in [9.17, 15) is 19.0 Å². The van der Waals surface area contributed by atoms with E-state index >= 15 is 0 Å². The minimum atomic E-state index is -4.41. The number of rotatable bonds is 40. The lowest BCUT2D eigenvalue weighted by Gasteiger charge is -2.24. The summed E-state index contributed by atoms with van der Waals surface area (Å²) in [4.78, 5) is 35.4. The third-order valence-corrected chi connectivity index (χ3v) is 10.1. The molecule has 0 aromatic heterocycles. The van der Waals surface area contributed by atoms with E-state index in [0.29, 0.717) is 23.9 Å². The fourth-order valence-electron chi connectivity index (χ4n) is 5.55. The van der Waals surface area contributed by atoms with Crippen molar-refractivity contribution in [1.29, 1.82) is 0 Å². The molecule has 9 nitrogen and oxygen atoms in total. The normalized spacial score (nSPS) is 14.4. The van der Waals surface area contributed by atoms with Crippen molar-refractivity contribution in [2.45, 2.75) is 161 Å². The number of esters is 2. The van der Waals surface area contributed by atoms with Gasteiger partial charge in [-0.2, -0.15) is 0 Å². The van der Waals surface area contributed by atoms with E-state index in [1.54, 1.807) is 0 Å². The van der Waals surface area contributed by atoms with Gasteiger partial charge in [0.2, 0.25) is 0 Å². The molecule has 0 saturated heterocycles. The third-order valence-electron chi connectivity index (χ3n) is 9.11. The molecule has 0 saturated carbocycles. The number of unbranched alkanes of at least 4 members (excludes halogenated alkanes) is 10. The predicted octanol–water partition coefficient (Wildman–Crippen LogP) is 13.4. The lowest BCUT2D eigenvalue weighted by molar-refractivity contribution is -0.870. The minimum absolute atomic E-state index is 0.00671. The molecule has 342 valence electrons. The first-order valence-corrected chi connectivity index (χ1v) is 24.5. The smallest absolute Gasteiger partial charge is 0.462 e. The molecule has 0 bridgehead atoms. The van der Waals surface area contributed by atoms with Crippen molar-refractivity contribution in [2.75, 3.05) is 47.5 Å². The molecule has 60 heavy (non-hydrogen) atoms. The van der Waals surface area contributed by atoms with E-state index < -0.39 is 32.5 Å². The Balaban J connectivity index is 4.54. The summed E-state index contributed by atoms with van der Waals surface area (Å²) < 4.78 is 34.2. The number of hydrogen-bond donors (Lipinski definition) is 1. The summed E-state index contributed by atoms with van der Waals surface area (Å²) in [7, 11) is 1.39. The summed E-state index contributed by atoms with van der Waals surface area (Å²) in [5.41, 5.74) is 0. The Labute approximate surface area is 366 Å². The minimum Gasteiger partial charge on any atom is -0.462 e. The Hall–Kier alpha value is -3.07. The van der Waals surface area contributed by atoms with Gasteiger partial charge in [-0.3, -0.25) is 18.6 Å². The third kappa shape index (κ3) is 44.5. The van der Waals surface area contributed by atoms with E-state index in [2.05, 4.69) is 98.9 Å². The molecule has 0 radical (unpaired) electrons. The molecule has 0 aliphatic rings. The first-order valence-electron chi connectivity index (χ1n) is 23.0. The second-order valence-electron chi connectivity index (χ2n) is 16.0. The van der Waals surface area contributed by atoms with Crippen LogP contribution >= 0.6 is 7.82 Å². The topological polar surface area (TPSA) is 108 Å². The highest BCUT2D eigenvalue weighted by Gasteiger charge is 2.27. The van der Waals surface area contributed by atoms with E-state index in [-0.39, 0.29) is 26.1 Å². The van der Waals surface area contributed by atoms with Crippen molar-refractivity contribution in [2.24, 2.45) is 0 Å². The van der Waals surface area contributed by atoms with Gasteiger partial charge >= 0.3 is 19.8 Å². The monoisotopic (exact) mass is 859 g/mol. The number of phosphoric acid groups is 1. The van der Waals surface area contributed by atoms with E-state index in [1.807, 2.05) is 33.3 Å². The molecule has 0 heterocycles. The van der Waals surface area contributed by atoms with Crippen LogP contribution in [-0.2, 0) is 32.7 Å². The lowest BCUT2D eigenvalue weighted by Crippen LogP contribution is -2.37. The molecule has 10 heteroatoms. The van der Waals surface area contributed by atoms with Gasteiger partial charge < -0.3 is 18.9 Å². The van der Waals surface area contributed by atoms with Gasteiger partial charge in [0.15, 0.2) is 6.10 Å². The first-order chi connectivity index (χ1) is 29.0. The first kappa shape index (κ1) is 56.9. The van der Waals surface area contributed by atoms with Gasteiger partial charge in [-0.05, 0) is 77.0 Å². The molecular formula is C50H85NO8P+. The molecular weight excluding hydrogens is 774 g/mol. The maximum atomic E-state index is 12.7. The van der Waals surface area contributed by atoms with E-state index in [1.165, 1.54) is 57.8 Å². The summed E-state index contributed by atoms with van der Waals surface area (Å²) >= 11 is 0. The van der Waals surface area contributed by atoms with Gasteiger partial charge in [-0.15, -0.1) is 0 Å². The molecule has 0 fully saturated rings. The van der Waals surface area contributed by atoms with Crippen LogP contribution in [0.4, 0.5) is 0 Å². The van der Waals surface area contributed by atoms with Gasteiger partial charge in [0.25, 0.3) is 0 Å². The number of hydrogen-bond acceptors (Lipinski definition) is 7. The van der Waals surface area contributed by atoms with Crippen LogP contribution in [0.25, 0.3) is 0 Å². The van der Waals surface area contributed by atoms with Crippen molar-refractivity contribution < 1.29 is 42.1 Å². The summed E-state index contributed by atoms with van der Waals surface area (Å²) in [6, 6.07) is 0. The zero-order valence-corrected chi connectivity index (χ0v) is 39.3. The number of ether oxygens (including phenoxy) is 2. The SMILES string of the molecule is CC/C=C/C/C=C/C/C=C/C/C=C/C/C=C/C/C=C/CCC(=O)O[C@H](COC(=O)CCC/C=C/C/C=C/CCCCCCCCCCC)COP(=O)(O)OCC[N+](C)(C)C. The highest BCUT2D eigenvalue weighted by molar-refractivity contribution is 7.47. The predicted molar refractivity (Wildman–Crippen MR) is 252 cm³/mol. The van der Waals surface area contributed by atoms with Crippen LogP contribution in [-0.4, -0.2) is 74.9 Å². The number of allylic oxidation sites excluding steroid dienone is 16. The van der Waals surface area contributed by atoms with Gasteiger partial charge in [-0.1, -0.05) is 162 Å². The molecule has 0 aliphatic heterocycles. The highest BCUT2D eigenvalue weighted by atomic mass is 31.2. The molecule has 1 unspecified atom stereocenters. The molecule has 0 aliphatic carbocycles. The van der Waals surface area contributed by atoms with Crippen LogP contribution < -0.4 is 0 Å². The number of quaternary nitrogens is 1. The molecule has 0 rings (SSSR count). The second-order valence-corrected chi connectivity index (χ2v) is 17.5. The Morgan fingerprint density at radius 1 is 0.533 bits per heavy atom. The molecule has 0 spiro atoms. The molecule has 0 aromatic rings. The summed E-state index contributed by atoms with van der Waals surface area (Å²) in [5.74, 6) is -0.958. The molecule has 0 amide bonds. The van der Waals surface area contributed by atoms with Gasteiger partial charge in [0.1, 0.15) is 19.8 Å². The Morgan fingerprint density at radius 3 is 1.48 bits per heavy atom. The summed E-state index contributed by atoms with van der Waals surface area (Å²) in [6.45, 7) is 4.15. The summed E-state index contributed by atoms with van der Waals surface area (Å²) in [6.07, 6.45) is 54.9. The second kappa shape index (κ2) is 41.3. The number of phosphoric ester groups is 1. The maximum absolute atomic E-state index is 12.7. The fourth-order valence-corrected chi connectivity index (χ4v) is 6.29. The fraction of sp³-hybridized carbons (Fsp3) is 0.640. The van der Waals surface area contributed by atoms with E-state index in [0.717, 1.165) is 57.8 Å². The largest absolute Gasteiger partial charge is 0.472 e. The number of likely N-dealkylation sites (N-methyl/N-ethyl adjacent to an activating group) is 1. The van der Waals surface area contributed by atoms with Gasteiger partial charge in [-0.25, -0.2) is 4.57 Å². The zero-order chi connectivity index (χ0) is 44.3. The number of carbonyl (C=O) groups excluding carboxylic acids is 2. The maximum Gasteiger partial charge on any atom is 0.472 e. The standard InChI is InChI=1S/C50H84NO8P/c1-6-8-10-12-14-16-18-20-22-24-25-27-29-31-33-35-37-39-41-43-50(53)59-48(47-58-60(54,55)57-45-44-51(3,4)5)46-56-49(52)42-40-38-36-34-32-30-28-26-23-21-19-17-15-13-11-9-7-2/h8,10,14,16,20,22,25,27-28,30-31,33-34,36-37,39,48H,6-7,9,11-13,15,17-19,21,23-24,26,29,32,35,38,40-47H2,1-5H3/p+1/b10-8+,16-14+,22-20+,27-25+,30-28+,33-31+,36-34+,39-37+/t48-/m1/s1. The Kier molecular flexibility index (Phi) is 39.2. The average Bonchev–Trinajstić information content (AvgIpc) is 3.20. The highest BCUT2D eigenvalue weighted by Crippen LogP contribution is 2.43. The lowest BCUT2D eigenvalue weighted by atomic mass is 10.1. The van der Waals surface area contributed by atoms with Crippen molar-refractivity contribution in [1.82, 2.24) is 0 Å². The quantitative estimate of drug-likeness (QED) is 0.0213. The number of nitrogens with zero attached hydrogens (tertiary/aromatic N) is 1. The van der Waals surface area contributed by atoms with E-state index in [4.69, 9.17) is 18.5 Å². The average molecular weight is 859 g/mol. The van der Waals surface area contributed by atoms with Crippen LogP contribution in [0.5, 0.6) is 0 Å². The van der Waals surface area contributed by atoms with Crippen LogP contribution in [0.1, 0.15) is 155 Å². The van der Waals surface area contributed by atoms with Crippen LogP contribution in [0.3, 0.4) is 0 Å². The van der Waals surface area contributed by atoms with Crippen molar-refractivity contribution in [3.05, 3.63) is 97.2 Å². The molecule has 2 atom stereocenters. The van der Waals surface area contributed by atoms with Crippen molar-refractivity contribution >= 4 is 19.8 Å². The Bertz CT molecular complexity index is 1340. The zero-order valence-electron chi connectivity index (χ0n) is 38.4. The summed E-state index contributed by atoms with van der Waals surface area (Å²) in [5, 5.41) is 0. The van der Waals surface area contributed by atoms with Crippen LogP contribution in [0.15, 0.2) is 97.2 Å². The molecule has 0 aromatic carbocycles. The van der Waals surface area contributed by atoms with Crippen LogP contribution in [0, 0.1) is 0 Å². The number of carbonyl (C=O) groups is 2. The Morgan fingerprint density at radius 2 is 0.983 bits per heavy atom. The molecule has 1 N–H and O–H groups in total. The van der Waals surface area contributed by atoms with Crippen LogP contribution in [0.2, 0.25) is 0 Å². The van der Waals surface area contributed by atoms with Crippen molar-refractivity contribution in [3.63, 3.8) is 0 Å². The van der Waals surface area contributed by atoms with Gasteiger partial charge in [0.05, 0.1) is 27.7 Å².